The van der Waals surface area contributed by atoms with Crippen LogP contribution in [0.4, 0.5) is 11.4 Å². The molecule has 0 saturated heterocycles. The summed E-state index contributed by atoms with van der Waals surface area (Å²) in [6.07, 6.45) is 3.25. The lowest BCUT2D eigenvalue weighted by atomic mass is 10.2. The van der Waals surface area contributed by atoms with Gasteiger partial charge in [0.25, 0.3) is 0 Å². The van der Waals surface area contributed by atoms with Crippen molar-refractivity contribution in [3.05, 3.63) is 36.9 Å². The maximum absolute atomic E-state index is 12.3. The lowest BCUT2D eigenvalue weighted by Gasteiger charge is -2.29. The quantitative estimate of drug-likeness (QED) is 0.889. The van der Waals surface area contributed by atoms with Gasteiger partial charge in [-0.2, -0.15) is 5.10 Å². The molecule has 2 aromatic rings. The maximum Gasteiger partial charge on any atom is 0.244 e. The first-order valence-electron chi connectivity index (χ1n) is 6.26. The Hall–Kier alpha value is -2.70. The fourth-order valence-electron chi connectivity index (χ4n) is 2.15. The lowest BCUT2D eigenvalue weighted by Crippen LogP contribution is -2.42. The van der Waals surface area contributed by atoms with Crippen LogP contribution in [0.2, 0.25) is 0 Å². The predicted octanol–water partition coefficient (Wildman–Crippen LogP) is 0.653. The van der Waals surface area contributed by atoms with Crippen LogP contribution in [0.15, 0.2) is 36.9 Å². The number of rotatable bonds is 3. The summed E-state index contributed by atoms with van der Waals surface area (Å²) in [6, 6.07) is 7.27. The van der Waals surface area contributed by atoms with Crippen LogP contribution < -0.4 is 10.2 Å². The smallest absolute Gasteiger partial charge is 0.244 e. The van der Waals surface area contributed by atoms with Gasteiger partial charge in [0, 0.05) is 6.42 Å². The van der Waals surface area contributed by atoms with Gasteiger partial charge in [0.2, 0.25) is 11.8 Å². The molecule has 1 aliphatic heterocycles. The first-order chi connectivity index (χ1) is 9.74. The highest BCUT2D eigenvalue weighted by Crippen LogP contribution is 2.29. The molecule has 1 aromatic carbocycles. The molecule has 20 heavy (non-hydrogen) atoms. The third kappa shape index (κ3) is 2.37. The SMILES string of the molecule is O=C1CN(C(=O)CCn2cncn2)c2ccccc2N1. The molecule has 0 saturated carbocycles. The number of carbonyl (C=O) groups excluding carboxylic acids is 2. The summed E-state index contributed by atoms with van der Waals surface area (Å²) in [7, 11) is 0. The Morgan fingerprint density at radius 1 is 1.35 bits per heavy atom. The van der Waals surface area contributed by atoms with Crippen LogP contribution in [-0.4, -0.2) is 33.1 Å². The van der Waals surface area contributed by atoms with Gasteiger partial charge in [0.1, 0.15) is 19.2 Å². The van der Waals surface area contributed by atoms with E-state index in [1.165, 1.54) is 11.2 Å². The van der Waals surface area contributed by atoms with Gasteiger partial charge < -0.3 is 10.2 Å². The number of aromatic nitrogens is 3. The highest BCUT2D eigenvalue weighted by molar-refractivity contribution is 6.09. The van der Waals surface area contributed by atoms with Gasteiger partial charge in [-0.05, 0) is 12.1 Å². The Bertz CT molecular complexity index is 638. The predicted molar refractivity (Wildman–Crippen MR) is 72.1 cm³/mol. The molecule has 1 aliphatic rings. The van der Waals surface area contributed by atoms with E-state index in [4.69, 9.17) is 0 Å². The number of hydrogen-bond acceptors (Lipinski definition) is 4. The summed E-state index contributed by atoms with van der Waals surface area (Å²) in [4.78, 5) is 29.3. The van der Waals surface area contributed by atoms with Gasteiger partial charge in [0.05, 0.1) is 17.9 Å². The molecule has 3 rings (SSSR count). The average Bonchev–Trinajstić information content (AvgIpc) is 2.97. The zero-order valence-corrected chi connectivity index (χ0v) is 10.7. The molecule has 0 aliphatic carbocycles. The van der Waals surface area contributed by atoms with Crippen LogP contribution in [0, 0.1) is 0 Å². The Morgan fingerprint density at radius 2 is 2.20 bits per heavy atom. The monoisotopic (exact) mass is 271 g/mol. The fourth-order valence-corrected chi connectivity index (χ4v) is 2.15. The number of para-hydroxylation sites is 2. The van der Waals surface area contributed by atoms with Crippen LogP contribution in [0.3, 0.4) is 0 Å². The van der Waals surface area contributed by atoms with Crippen molar-refractivity contribution >= 4 is 23.2 Å². The number of amides is 2. The number of aryl methyl sites for hydroxylation is 1. The van der Waals surface area contributed by atoms with E-state index < -0.39 is 0 Å². The minimum absolute atomic E-state index is 0.0488. The number of fused-ring (bicyclic) bond motifs is 1. The number of nitrogens with zero attached hydrogens (tertiary/aromatic N) is 4. The zero-order chi connectivity index (χ0) is 13.9. The third-order valence-electron chi connectivity index (χ3n) is 3.09. The van der Waals surface area contributed by atoms with Gasteiger partial charge in [-0.3, -0.25) is 14.3 Å². The third-order valence-corrected chi connectivity index (χ3v) is 3.09. The molecule has 7 heteroatoms. The standard InChI is InChI=1S/C13H13N5O2/c19-12-7-18(11-4-2-1-3-10(11)16-12)13(20)5-6-17-9-14-8-15-17/h1-4,8-9H,5-7H2,(H,16,19). The van der Waals surface area contributed by atoms with Crippen LogP contribution >= 0.6 is 0 Å². The molecule has 0 radical (unpaired) electrons. The molecule has 0 spiro atoms. The molecule has 2 amide bonds. The Kier molecular flexibility index (Phi) is 3.16. The van der Waals surface area contributed by atoms with E-state index in [2.05, 4.69) is 15.4 Å². The molecule has 0 fully saturated rings. The summed E-state index contributed by atoms with van der Waals surface area (Å²) >= 11 is 0. The molecule has 0 atom stereocenters. The van der Waals surface area contributed by atoms with Crippen molar-refractivity contribution in [3.8, 4) is 0 Å². The highest BCUT2D eigenvalue weighted by Gasteiger charge is 2.26. The van der Waals surface area contributed by atoms with Crippen molar-refractivity contribution < 1.29 is 9.59 Å². The van der Waals surface area contributed by atoms with Gasteiger partial charge in [-0.25, -0.2) is 4.98 Å². The summed E-state index contributed by atoms with van der Waals surface area (Å²) in [6.45, 7) is 0.492. The van der Waals surface area contributed by atoms with Crippen molar-refractivity contribution in [2.24, 2.45) is 0 Å². The molecule has 0 bridgehead atoms. The molecule has 102 valence electrons. The number of nitrogens with one attached hydrogen (secondary N) is 1. The summed E-state index contributed by atoms with van der Waals surface area (Å²) in [5, 5.41) is 6.70. The normalized spacial score (nSPS) is 13.8. The van der Waals surface area contributed by atoms with Crippen LogP contribution in [0.5, 0.6) is 0 Å². The first kappa shape index (κ1) is 12.3. The number of hydrogen-bond donors (Lipinski definition) is 1. The van der Waals surface area contributed by atoms with Crippen LogP contribution in [0.25, 0.3) is 0 Å². The second-order valence-electron chi connectivity index (χ2n) is 4.45. The second-order valence-corrected chi connectivity index (χ2v) is 4.45. The number of carbonyl (C=O) groups is 2. The van der Waals surface area contributed by atoms with Crippen molar-refractivity contribution in [2.75, 3.05) is 16.8 Å². The minimum Gasteiger partial charge on any atom is -0.323 e. The van der Waals surface area contributed by atoms with E-state index in [-0.39, 0.29) is 24.8 Å². The Balaban J connectivity index is 1.76. The Labute approximate surface area is 115 Å². The van der Waals surface area contributed by atoms with E-state index in [1.54, 1.807) is 17.1 Å². The molecule has 0 unspecified atom stereocenters. The van der Waals surface area contributed by atoms with E-state index in [9.17, 15) is 9.59 Å². The largest absolute Gasteiger partial charge is 0.323 e. The molecule has 7 nitrogen and oxygen atoms in total. The van der Waals surface area contributed by atoms with Crippen LogP contribution in [0.1, 0.15) is 6.42 Å². The Morgan fingerprint density at radius 3 is 3.00 bits per heavy atom. The van der Waals surface area contributed by atoms with Crippen LogP contribution in [-0.2, 0) is 16.1 Å². The topological polar surface area (TPSA) is 80.1 Å². The van der Waals surface area contributed by atoms with E-state index in [0.717, 1.165) is 5.69 Å². The van der Waals surface area contributed by atoms with Gasteiger partial charge in [-0.1, -0.05) is 12.1 Å². The molecule has 2 heterocycles. The molecule has 1 N–H and O–H groups in total. The van der Waals surface area contributed by atoms with Crippen molar-refractivity contribution in [1.29, 1.82) is 0 Å². The van der Waals surface area contributed by atoms with E-state index in [0.29, 0.717) is 12.2 Å². The maximum atomic E-state index is 12.3. The number of anilines is 2. The van der Waals surface area contributed by atoms with Gasteiger partial charge in [-0.15, -0.1) is 0 Å². The highest BCUT2D eigenvalue weighted by atomic mass is 16.2. The van der Waals surface area contributed by atoms with Gasteiger partial charge in [0.15, 0.2) is 0 Å². The lowest BCUT2D eigenvalue weighted by molar-refractivity contribution is -0.122. The first-order valence-corrected chi connectivity index (χ1v) is 6.26. The summed E-state index contributed by atoms with van der Waals surface area (Å²) < 4.78 is 1.59. The zero-order valence-electron chi connectivity index (χ0n) is 10.7. The molecule has 1 aromatic heterocycles. The fraction of sp³-hybridized carbons (Fsp3) is 0.231. The molecular formula is C13H13N5O2. The number of benzene rings is 1. The van der Waals surface area contributed by atoms with Crippen molar-refractivity contribution in [3.63, 3.8) is 0 Å². The molecular weight excluding hydrogens is 258 g/mol. The summed E-state index contributed by atoms with van der Waals surface area (Å²) in [5.74, 6) is -0.291. The van der Waals surface area contributed by atoms with Crippen molar-refractivity contribution in [2.45, 2.75) is 13.0 Å². The van der Waals surface area contributed by atoms with Gasteiger partial charge >= 0.3 is 0 Å². The van der Waals surface area contributed by atoms with Crippen molar-refractivity contribution in [1.82, 2.24) is 14.8 Å². The minimum atomic E-state index is -0.183. The second kappa shape index (κ2) is 5.12. The average molecular weight is 271 g/mol. The summed E-state index contributed by atoms with van der Waals surface area (Å²) in [5.41, 5.74) is 1.40. The van der Waals surface area contributed by atoms with E-state index in [1.807, 2.05) is 18.2 Å². The van der Waals surface area contributed by atoms with E-state index >= 15 is 0 Å².